The first-order valence-electron chi connectivity index (χ1n) is 11.8. The molecule has 2 aliphatic rings. The van der Waals surface area contributed by atoms with Crippen LogP contribution in [0.1, 0.15) is 67.1 Å². The van der Waals surface area contributed by atoms with E-state index in [-0.39, 0.29) is 23.9 Å². The van der Waals surface area contributed by atoms with E-state index in [1.807, 2.05) is 48.6 Å². The van der Waals surface area contributed by atoms with Crippen LogP contribution in [0.25, 0.3) is 0 Å². The van der Waals surface area contributed by atoms with Crippen LogP contribution in [0.5, 0.6) is 0 Å². The molecule has 1 saturated heterocycles. The van der Waals surface area contributed by atoms with Crippen LogP contribution in [0.3, 0.4) is 0 Å². The summed E-state index contributed by atoms with van der Waals surface area (Å²) >= 11 is 0. The van der Waals surface area contributed by atoms with E-state index in [4.69, 9.17) is 0 Å². The van der Waals surface area contributed by atoms with Gasteiger partial charge in [0.1, 0.15) is 0 Å². The Morgan fingerprint density at radius 2 is 1.84 bits per heavy atom. The average Bonchev–Trinajstić information content (AvgIpc) is 3.20. The number of nitrogens with zero attached hydrogens (tertiary/aromatic N) is 3. The number of hydrogen-bond donors (Lipinski definition) is 1. The van der Waals surface area contributed by atoms with Gasteiger partial charge in [0.05, 0.1) is 6.04 Å². The molecule has 2 amide bonds. The van der Waals surface area contributed by atoms with Crippen molar-refractivity contribution in [1.29, 1.82) is 0 Å². The van der Waals surface area contributed by atoms with Gasteiger partial charge in [-0.2, -0.15) is 0 Å². The second kappa shape index (κ2) is 9.72. The third-order valence-corrected chi connectivity index (χ3v) is 6.76. The molecule has 0 unspecified atom stereocenters. The lowest BCUT2D eigenvalue weighted by Gasteiger charge is -2.38. The molecule has 0 spiro atoms. The molecule has 32 heavy (non-hydrogen) atoms. The number of amides is 2. The highest BCUT2D eigenvalue weighted by Gasteiger charge is 2.29. The molecule has 0 bridgehead atoms. The molecule has 1 atom stereocenters. The normalized spacial score (nSPS) is 18.5. The molecule has 4 rings (SSSR count). The molecule has 1 aliphatic carbocycles. The molecule has 1 aromatic carbocycles. The van der Waals surface area contributed by atoms with Crippen LogP contribution in [0, 0.1) is 5.92 Å². The summed E-state index contributed by atoms with van der Waals surface area (Å²) in [6.45, 7) is 5.97. The molecule has 6 heteroatoms. The Labute approximate surface area is 191 Å². The van der Waals surface area contributed by atoms with Gasteiger partial charge in [-0.1, -0.05) is 19.9 Å². The average molecular weight is 435 g/mol. The van der Waals surface area contributed by atoms with Crippen molar-refractivity contribution in [3.8, 4) is 0 Å². The van der Waals surface area contributed by atoms with Crippen LogP contribution < -0.4 is 10.2 Å². The molecule has 170 valence electrons. The predicted molar refractivity (Wildman–Crippen MR) is 127 cm³/mol. The highest BCUT2D eigenvalue weighted by molar-refractivity contribution is 5.94. The second-order valence-electron chi connectivity index (χ2n) is 9.51. The fourth-order valence-corrected chi connectivity index (χ4v) is 4.95. The number of aryl methyl sites for hydroxylation is 1. The van der Waals surface area contributed by atoms with Gasteiger partial charge in [-0.15, -0.1) is 0 Å². The van der Waals surface area contributed by atoms with Crippen LogP contribution >= 0.6 is 0 Å². The number of pyridine rings is 1. The first-order chi connectivity index (χ1) is 15.4. The number of fused-ring (bicyclic) bond motifs is 1. The summed E-state index contributed by atoms with van der Waals surface area (Å²) in [5, 5.41) is 3.17. The van der Waals surface area contributed by atoms with Gasteiger partial charge in [-0.05, 0) is 67.0 Å². The quantitative estimate of drug-likeness (QED) is 0.747. The third-order valence-electron chi connectivity index (χ3n) is 6.76. The van der Waals surface area contributed by atoms with Crippen LogP contribution in [0.4, 0.5) is 5.69 Å². The highest BCUT2D eigenvalue weighted by Crippen LogP contribution is 2.32. The van der Waals surface area contributed by atoms with E-state index in [0.29, 0.717) is 17.9 Å². The van der Waals surface area contributed by atoms with Crippen LogP contribution in [0.2, 0.25) is 0 Å². The van der Waals surface area contributed by atoms with E-state index >= 15 is 0 Å². The Morgan fingerprint density at radius 1 is 1.12 bits per heavy atom. The maximum Gasteiger partial charge on any atom is 0.253 e. The number of rotatable bonds is 6. The fourth-order valence-electron chi connectivity index (χ4n) is 4.95. The van der Waals surface area contributed by atoms with Crippen molar-refractivity contribution in [3.63, 3.8) is 0 Å². The maximum atomic E-state index is 13.3. The monoisotopic (exact) mass is 434 g/mol. The smallest absolute Gasteiger partial charge is 0.253 e. The van der Waals surface area contributed by atoms with Crippen LogP contribution in [0.15, 0.2) is 42.7 Å². The molecular formula is C26H34N4O2. The number of benzene rings is 1. The Balaban J connectivity index is 1.39. The summed E-state index contributed by atoms with van der Waals surface area (Å²) in [6.07, 6.45) is 7.92. The Morgan fingerprint density at radius 3 is 2.53 bits per heavy atom. The largest absolute Gasteiger partial charge is 0.371 e. The fraction of sp³-hybridized carbons (Fsp3) is 0.500. The molecule has 0 radical (unpaired) electrons. The molecule has 1 aromatic heterocycles. The van der Waals surface area contributed by atoms with Crippen molar-refractivity contribution in [2.24, 2.45) is 5.92 Å². The zero-order valence-electron chi connectivity index (χ0n) is 19.4. The molecule has 2 aromatic rings. The van der Waals surface area contributed by atoms with Gasteiger partial charge in [0, 0.05) is 56.2 Å². The van der Waals surface area contributed by atoms with Crippen molar-refractivity contribution < 1.29 is 9.59 Å². The number of aromatic nitrogens is 1. The number of carbonyl (C=O) groups is 2. The summed E-state index contributed by atoms with van der Waals surface area (Å²) in [4.78, 5) is 33.9. The minimum absolute atomic E-state index is 0.0120. The van der Waals surface area contributed by atoms with Gasteiger partial charge in [-0.25, -0.2) is 0 Å². The molecular weight excluding hydrogens is 400 g/mol. The molecule has 1 aliphatic heterocycles. The van der Waals surface area contributed by atoms with E-state index in [2.05, 4.69) is 35.1 Å². The molecule has 2 heterocycles. The number of nitrogens with one attached hydrogen (secondary N) is 1. The summed E-state index contributed by atoms with van der Waals surface area (Å²) < 4.78 is 0. The minimum Gasteiger partial charge on any atom is -0.371 e. The standard InChI is InChI=1S/C26H34N4O2/c1-18(2)16-25(31)28-24-7-6-19-4-5-20(17-23(19)24)26(32)29(3)21-10-14-30(15-11-21)22-8-12-27-13-9-22/h4-5,8-9,12-13,17-18,21,24H,6-7,10-11,14-16H2,1-3H3,(H,28,31)/t24-/m1/s1. The van der Waals surface area contributed by atoms with Crippen molar-refractivity contribution in [2.75, 3.05) is 25.0 Å². The topological polar surface area (TPSA) is 65.5 Å². The number of carbonyl (C=O) groups excluding carboxylic acids is 2. The van der Waals surface area contributed by atoms with Crippen LogP contribution in [-0.4, -0.2) is 47.9 Å². The van der Waals surface area contributed by atoms with Gasteiger partial charge in [0.25, 0.3) is 5.91 Å². The Kier molecular flexibility index (Phi) is 6.77. The zero-order valence-corrected chi connectivity index (χ0v) is 19.4. The SMILES string of the molecule is CC(C)CC(=O)N[C@@H]1CCc2ccc(C(=O)N(C)C3CCN(c4ccncc4)CC3)cc21. The lowest BCUT2D eigenvalue weighted by Crippen LogP contribution is -2.45. The van der Waals surface area contributed by atoms with Gasteiger partial charge in [0.15, 0.2) is 0 Å². The van der Waals surface area contributed by atoms with Crippen LogP contribution in [-0.2, 0) is 11.2 Å². The lowest BCUT2D eigenvalue weighted by molar-refractivity contribution is -0.122. The second-order valence-corrected chi connectivity index (χ2v) is 9.51. The van der Waals surface area contributed by atoms with Crippen molar-refractivity contribution in [1.82, 2.24) is 15.2 Å². The summed E-state index contributed by atoms with van der Waals surface area (Å²) in [5.74, 6) is 0.490. The highest BCUT2D eigenvalue weighted by atomic mass is 16.2. The van der Waals surface area contributed by atoms with Gasteiger partial charge < -0.3 is 15.1 Å². The lowest BCUT2D eigenvalue weighted by atomic mass is 10.00. The number of hydrogen-bond acceptors (Lipinski definition) is 4. The summed E-state index contributed by atoms with van der Waals surface area (Å²) in [5.41, 5.74) is 4.25. The van der Waals surface area contributed by atoms with Gasteiger partial charge >= 0.3 is 0 Å². The van der Waals surface area contributed by atoms with E-state index in [1.54, 1.807) is 0 Å². The van der Waals surface area contributed by atoms with Gasteiger partial charge in [-0.3, -0.25) is 14.6 Å². The number of piperidine rings is 1. The van der Waals surface area contributed by atoms with E-state index in [0.717, 1.165) is 44.3 Å². The minimum atomic E-state index is 0.0120. The zero-order chi connectivity index (χ0) is 22.7. The summed E-state index contributed by atoms with van der Waals surface area (Å²) in [6, 6.07) is 10.3. The summed E-state index contributed by atoms with van der Waals surface area (Å²) in [7, 11) is 1.92. The molecule has 1 fully saturated rings. The molecule has 6 nitrogen and oxygen atoms in total. The first-order valence-corrected chi connectivity index (χ1v) is 11.8. The number of anilines is 1. The van der Waals surface area contributed by atoms with Crippen molar-refractivity contribution in [2.45, 2.75) is 58.0 Å². The van der Waals surface area contributed by atoms with Crippen molar-refractivity contribution >= 4 is 17.5 Å². The molecule has 1 N–H and O–H groups in total. The first kappa shape index (κ1) is 22.3. The molecule has 0 saturated carbocycles. The van der Waals surface area contributed by atoms with E-state index in [1.165, 1.54) is 11.3 Å². The predicted octanol–water partition coefficient (Wildman–Crippen LogP) is 3.97. The van der Waals surface area contributed by atoms with E-state index < -0.39 is 0 Å². The Bertz CT molecular complexity index is 952. The maximum absolute atomic E-state index is 13.3. The third kappa shape index (κ3) is 4.95. The van der Waals surface area contributed by atoms with Crippen molar-refractivity contribution in [3.05, 3.63) is 59.4 Å². The van der Waals surface area contributed by atoms with E-state index in [9.17, 15) is 9.59 Å². The Hall–Kier alpha value is -2.89. The van der Waals surface area contributed by atoms with Gasteiger partial charge in [0.2, 0.25) is 5.91 Å².